The zero-order valence-electron chi connectivity index (χ0n) is 7.83. The molecule has 0 spiro atoms. The van der Waals surface area contributed by atoms with Crippen molar-refractivity contribution < 1.29 is 9.90 Å². The summed E-state index contributed by atoms with van der Waals surface area (Å²) in [6, 6.07) is 6.89. The van der Waals surface area contributed by atoms with Gasteiger partial charge in [-0.05, 0) is 25.1 Å². The second-order valence-corrected chi connectivity index (χ2v) is 3.98. The molecule has 1 aromatic carbocycles. The van der Waals surface area contributed by atoms with Crippen molar-refractivity contribution in [1.29, 1.82) is 0 Å². The van der Waals surface area contributed by atoms with Crippen LogP contribution in [-0.2, 0) is 0 Å². The number of nitrogens with one attached hydrogen (secondary N) is 1. The lowest BCUT2D eigenvalue weighted by atomic mass is 10.2. The van der Waals surface area contributed by atoms with Gasteiger partial charge >= 0.3 is 0 Å². The van der Waals surface area contributed by atoms with E-state index < -0.39 is 0 Å². The summed E-state index contributed by atoms with van der Waals surface area (Å²) < 4.78 is 0.863. The average Bonchev–Trinajstić information content (AvgIpc) is 2.17. The molecule has 1 rings (SSSR count). The number of benzene rings is 1. The van der Waals surface area contributed by atoms with E-state index in [4.69, 9.17) is 5.11 Å². The minimum atomic E-state index is -0.221. The van der Waals surface area contributed by atoms with Crippen molar-refractivity contribution >= 4 is 21.8 Å². The van der Waals surface area contributed by atoms with Crippen molar-refractivity contribution in [2.24, 2.45) is 0 Å². The van der Waals surface area contributed by atoms with Crippen molar-refractivity contribution in [3.8, 4) is 0 Å². The Labute approximate surface area is 91.3 Å². The molecule has 0 aromatic heterocycles. The van der Waals surface area contributed by atoms with Crippen LogP contribution in [0.3, 0.4) is 0 Å². The maximum absolute atomic E-state index is 11.5. The summed E-state index contributed by atoms with van der Waals surface area (Å²) in [4.78, 5) is 11.5. The highest BCUT2D eigenvalue weighted by atomic mass is 79.9. The first kappa shape index (κ1) is 11.2. The van der Waals surface area contributed by atoms with Gasteiger partial charge in [-0.15, -0.1) is 0 Å². The first-order valence-electron chi connectivity index (χ1n) is 4.30. The summed E-state index contributed by atoms with van der Waals surface area (Å²) in [5, 5.41) is 11.4. The molecule has 0 bridgehead atoms. The standard InChI is InChI=1S/C10H12BrNO2/c1-7(6-13)12-10(14)8-3-2-4-9(11)5-8/h2-5,7,13H,6H2,1H3,(H,12,14). The molecule has 14 heavy (non-hydrogen) atoms. The van der Waals surface area contributed by atoms with E-state index in [0.717, 1.165) is 4.47 Å². The number of aliphatic hydroxyl groups is 1. The summed E-state index contributed by atoms with van der Waals surface area (Å²) in [6.45, 7) is 1.69. The molecule has 1 unspecified atom stereocenters. The van der Waals surface area contributed by atoms with Gasteiger partial charge in [0.1, 0.15) is 0 Å². The van der Waals surface area contributed by atoms with E-state index in [-0.39, 0.29) is 18.6 Å². The zero-order valence-corrected chi connectivity index (χ0v) is 9.41. The molecule has 1 aromatic rings. The molecule has 0 heterocycles. The maximum atomic E-state index is 11.5. The van der Waals surface area contributed by atoms with Gasteiger partial charge in [-0.3, -0.25) is 4.79 Å². The molecular formula is C10H12BrNO2. The number of hydrogen-bond acceptors (Lipinski definition) is 2. The molecule has 0 aliphatic carbocycles. The third-order valence-electron chi connectivity index (χ3n) is 1.74. The van der Waals surface area contributed by atoms with Crippen LogP contribution in [0.2, 0.25) is 0 Å². The van der Waals surface area contributed by atoms with E-state index in [1.807, 2.05) is 6.07 Å². The van der Waals surface area contributed by atoms with Gasteiger partial charge in [0.25, 0.3) is 5.91 Å². The molecule has 0 radical (unpaired) electrons. The largest absolute Gasteiger partial charge is 0.394 e. The summed E-state index contributed by atoms with van der Waals surface area (Å²) in [7, 11) is 0. The van der Waals surface area contributed by atoms with Crippen LogP contribution in [0.5, 0.6) is 0 Å². The second kappa shape index (κ2) is 5.12. The summed E-state index contributed by atoms with van der Waals surface area (Å²) in [6.07, 6.45) is 0. The Morgan fingerprint density at radius 3 is 2.93 bits per heavy atom. The van der Waals surface area contributed by atoms with Gasteiger partial charge in [0.2, 0.25) is 0 Å². The Hall–Kier alpha value is -0.870. The topological polar surface area (TPSA) is 49.3 Å². The Balaban J connectivity index is 2.70. The SMILES string of the molecule is CC(CO)NC(=O)c1cccc(Br)c1. The summed E-state index contributed by atoms with van der Waals surface area (Å²) >= 11 is 3.28. The van der Waals surface area contributed by atoms with E-state index in [1.54, 1.807) is 25.1 Å². The Bertz CT molecular complexity index is 328. The molecule has 3 nitrogen and oxygen atoms in total. The van der Waals surface area contributed by atoms with Gasteiger partial charge < -0.3 is 10.4 Å². The molecule has 2 N–H and O–H groups in total. The Morgan fingerprint density at radius 1 is 1.64 bits per heavy atom. The lowest BCUT2D eigenvalue weighted by Gasteiger charge is -2.10. The fraction of sp³-hybridized carbons (Fsp3) is 0.300. The lowest BCUT2D eigenvalue weighted by Crippen LogP contribution is -2.34. The van der Waals surface area contributed by atoms with Crippen LogP contribution in [-0.4, -0.2) is 23.7 Å². The van der Waals surface area contributed by atoms with Gasteiger partial charge in [-0.1, -0.05) is 22.0 Å². The molecule has 0 fully saturated rings. The van der Waals surface area contributed by atoms with E-state index in [9.17, 15) is 4.79 Å². The van der Waals surface area contributed by atoms with Gasteiger partial charge in [0.05, 0.1) is 6.61 Å². The highest BCUT2D eigenvalue weighted by Crippen LogP contribution is 2.11. The fourth-order valence-corrected chi connectivity index (χ4v) is 1.38. The number of carbonyl (C=O) groups excluding carboxylic acids is 1. The zero-order chi connectivity index (χ0) is 10.6. The number of hydrogen-bond donors (Lipinski definition) is 2. The number of aliphatic hydroxyl groups excluding tert-OH is 1. The minimum absolute atomic E-state index is 0.0558. The van der Waals surface area contributed by atoms with Crippen molar-refractivity contribution in [1.82, 2.24) is 5.32 Å². The number of amides is 1. The first-order chi connectivity index (χ1) is 6.63. The Morgan fingerprint density at radius 2 is 2.36 bits per heavy atom. The maximum Gasteiger partial charge on any atom is 0.251 e. The normalized spacial score (nSPS) is 12.2. The number of carbonyl (C=O) groups is 1. The van der Waals surface area contributed by atoms with E-state index >= 15 is 0 Å². The van der Waals surface area contributed by atoms with Crippen LogP contribution in [0.25, 0.3) is 0 Å². The molecular weight excluding hydrogens is 246 g/mol. The molecule has 1 atom stereocenters. The second-order valence-electron chi connectivity index (χ2n) is 3.07. The minimum Gasteiger partial charge on any atom is -0.394 e. The fourth-order valence-electron chi connectivity index (χ4n) is 0.982. The van der Waals surface area contributed by atoms with Crippen LogP contribution in [0.1, 0.15) is 17.3 Å². The third-order valence-corrected chi connectivity index (χ3v) is 2.23. The van der Waals surface area contributed by atoms with Crippen LogP contribution >= 0.6 is 15.9 Å². The lowest BCUT2D eigenvalue weighted by molar-refractivity contribution is 0.0922. The quantitative estimate of drug-likeness (QED) is 0.864. The van der Waals surface area contributed by atoms with Gasteiger partial charge in [-0.25, -0.2) is 0 Å². The van der Waals surface area contributed by atoms with Crippen LogP contribution in [0, 0.1) is 0 Å². The number of halogens is 1. The van der Waals surface area contributed by atoms with E-state index in [1.165, 1.54) is 0 Å². The van der Waals surface area contributed by atoms with Crippen LogP contribution < -0.4 is 5.32 Å². The van der Waals surface area contributed by atoms with Crippen molar-refractivity contribution in [3.63, 3.8) is 0 Å². The highest BCUT2D eigenvalue weighted by Gasteiger charge is 2.08. The van der Waals surface area contributed by atoms with Crippen molar-refractivity contribution in [3.05, 3.63) is 34.3 Å². The molecule has 0 saturated heterocycles. The highest BCUT2D eigenvalue weighted by molar-refractivity contribution is 9.10. The van der Waals surface area contributed by atoms with Gasteiger partial charge in [0, 0.05) is 16.1 Å². The van der Waals surface area contributed by atoms with Gasteiger partial charge in [0.15, 0.2) is 0 Å². The third kappa shape index (κ3) is 3.12. The Kier molecular flexibility index (Phi) is 4.10. The molecule has 4 heteroatoms. The van der Waals surface area contributed by atoms with Gasteiger partial charge in [-0.2, -0.15) is 0 Å². The van der Waals surface area contributed by atoms with Crippen LogP contribution in [0.4, 0.5) is 0 Å². The molecule has 1 amide bonds. The molecule has 76 valence electrons. The predicted molar refractivity (Wildman–Crippen MR) is 58.2 cm³/mol. The first-order valence-corrected chi connectivity index (χ1v) is 5.10. The predicted octanol–water partition coefficient (Wildman–Crippen LogP) is 1.56. The summed E-state index contributed by atoms with van der Waals surface area (Å²) in [5.74, 6) is -0.173. The van der Waals surface area contributed by atoms with Crippen molar-refractivity contribution in [2.45, 2.75) is 13.0 Å². The average molecular weight is 258 g/mol. The molecule has 0 aliphatic rings. The smallest absolute Gasteiger partial charge is 0.251 e. The molecule has 0 saturated carbocycles. The van der Waals surface area contributed by atoms with E-state index in [2.05, 4.69) is 21.2 Å². The summed E-state index contributed by atoms with van der Waals surface area (Å²) in [5.41, 5.74) is 0.583. The number of rotatable bonds is 3. The van der Waals surface area contributed by atoms with E-state index in [0.29, 0.717) is 5.56 Å². The monoisotopic (exact) mass is 257 g/mol. The van der Waals surface area contributed by atoms with Crippen molar-refractivity contribution in [2.75, 3.05) is 6.61 Å². The van der Waals surface area contributed by atoms with Crippen LogP contribution in [0.15, 0.2) is 28.7 Å². The molecule has 0 aliphatic heterocycles.